The van der Waals surface area contributed by atoms with Crippen LogP contribution in [-0.2, 0) is 21.2 Å². The van der Waals surface area contributed by atoms with Gasteiger partial charge in [-0.3, -0.25) is 4.79 Å². The molecule has 1 amide bonds. The van der Waals surface area contributed by atoms with Crippen molar-refractivity contribution >= 4 is 38.9 Å². The van der Waals surface area contributed by atoms with E-state index < -0.39 is 15.8 Å². The van der Waals surface area contributed by atoms with Crippen molar-refractivity contribution in [3.05, 3.63) is 50.9 Å². The molecule has 1 saturated heterocycles. The lowest BCUT2D eigenvalue weighted by Gasteiger charge is -2.38. The highest BCUT2D eigenvalue weighted by Gasteiger charge is 2.36. The molecular formula is C20H22ClFN2O3S2. The van der Waals surface area contributed by atoms with Crippen molar-refractivity contribution in [2.45, 2.75) is 37.1 Å². The lowest BCUT2D eigenvalue weighted by atomic mass is 9.93. The fourth-order valence-corrected chi connectivity index (χ4v) is 6.88. The van der Waals surface area contributed by atoms with Crippen molar-refractivity contribution in [3.63, 3.8) is 0 Å². The Kier molecular flexibility index (Phi) is 5.72. The topological polar surface area (TPSA) is 57.7 Å². The Morgan fingerprint density at radius 3 is 2.62 bits per heavy atom. The highest BCUT2D eigenvalue weighted by molar-refractivity contribution is 7.89. The minimum Gasteiger partial charge on any atom is -0.335 e. The van der Waals surface area contributed by atoms with E-state index in [0.29, 0.717) is 19.4 Å². The van der Waals surface area contributed by atoms with Crippen LogP contribution in [0, 0.1) is 11.7 Å². The van der Waals surface area contributed by atoms with E-state index >= 15 is 0 Å². The third-order valence-electron chi connectivity index (χ3n) is 5.89. The van der Waals surface area contributed by atoms with Crippen LogP contribution in [-0.4, -0.2) is 43.2 Å². The number of hydrogen-bond donors (Lipinski definition) is 0. The molecule has 1 aromatic heterocycles. The summed E-state index contributed by atoms with van der Waals surface area (Å²) in [4.78, 5) is 16.4. The average molecular weight is 457 g/mol. The number of nitrogens with zero attached hydrogens (tertiary/aromatic N) is 2. The lowest BCUT2D eigenvalue weighted by molar-refractivity contribution is -0.139. The standard InChI is InChI=1S/C20H22ClFN2O3S2/c1-13-16-7-11-28-19(16)6-10-24(13)20(25)14-4-8-23(9-5-14)29(26,27)15-2-3-18(22)17(21)12-15/h2-3,7,11-14H,4-6,8-10H2,1H3. The van der Waals surface area contributed by atoms with Crippen LogP contribution in [0.25, 0.3) is 0 Å². The Balaban J connectivity index is 1.43. The van der Waals surface area contributed by atoms with Crippen molar-refractivity contribution < 1.29 is 17.6 Å². The summed E-state index contributed by atoms with van der Waals surface area (Å²) in [5.41, 5.74) is 1.22. The monoisotopic (exact) mass is 456 g/mol. The van der Waals surface area contributed by atoms with Crippen molar-refractivity contribution in [2.75, 3.05) is 19.6 Å². The summed E-state index contributed by atoms with van der Waals surface area (Å²) in [5.74, 6) is -0.725. The van der Waals surface area contributed by atoms with E-state index in [1.54, 1.807) is 11.3 Å². The molecule has 156 valence electrons. The number of benzene rings is 1. The zero-order valence-corrected chi connectivity index (χ0v) is 18.4. The summed E-state index contributed by atoms with van der Waals surface area (Å²) in [7, 11) is -3.76. The molecule has 29 heavy (non-hydrogen) atoms. The molecule has 0 aliphatic carbocycles. The summed E-state index contributed by atoms with van der Waals surface area (Å²) in [6.07, 6.45) is 1.83. The number of rotatable bonds is 3. The Morgan fingerprint density at radius 2 is 1.93 bits per heavy atom. The van der Waals surface area contributed by atoms with E-state index in [1.807, 2.05) is 4.90 Å². The average Bonchev–Trinajstić information content (AvgIpc) is 3.20. The molecule has 1 aromatic carbocycles. The van der Waals surface area contributed by atoms with Gasteiger partial charge in [0.2, 0.25) is 15.9 Å². The Morgan fingerprint density at radius 1 is 1.21 bits per heavy atom. The summed E-state index contributed by atoms with van der Waals surface area (Å²) < 4.78 is 40.4. The van der Waals surface area contributed by atoms with Crippen molar-refractivity contribution in [1.82, 2.24) is 9.21 Å². The van der Waals surface area contributed by atoms with E-state index in [9.17, 15) is 17.6 Å². The van der Waals surface area contributed by atoms with E-state index in [0.717, 1.165) is 18.6 Å². The van der Waals surface area contributed by atoms with Gasteiger partial charge in [-0.1, -0.05) is 11.6 Å². The maximum atomic E-state index is 13.4. The lowest BCUT2D eigenvalue weighted by Crippen LogP contribution is -2.46. The number of halogens is 2. The Labute approximate surface area is 179 Å². The Hall–Kier alpha value is -1.48. The van der Waals surface area contributed by atoms with Crippen LogP contribution in [0.2, 0.25) is 5.02 Å². The zero-order valence-electron chi connectivity index (χ0n) is 16.0. The maximum absolute atomic E-state index is 13.4. The highest BCUT2D eigenvalue weighted by Crippen LogP contribution is 2.35. The van der Waals surface area contributed by atoms with Gasteiger partial charge in [0.1, 0.15) is 5.82 Å². The molecule has 0 saturated carbocycles. The van der Waals surface area contributed by atoms with Crippen LogP contribution in [0.15, 0.2) is 34.5 Å². The minimum atomic E-state index is -3.76. The first-order chi connectivity index (χ1) is 13.8. The van der Waals surface area contributed by atoms with Gasteiger partial charge in [0.05, 0.1) is 16.0 Å². The van der Waals surface area contributed by atoms with Crippen LogP contribution >= 0.6 is 22.9 Å². The molecular weight excluding hydrogens is 435 g/mol. The smallest absolute Gasteiger partial charge is 0.243 e. The first-order valence-electron chi connectivity index (χ1n) is 9.61. The fraction of sp³-hybridized carbons (Fsp3) is 0.450. The summed E-state index contributed by atoms with van der Waals surface area (Å²) in [5, 5.41) is 1.85. The number of hydrogen-bond acceptors (Lipinski definition) is 4. The third-order valence-corrected chi connectivity index (χ3v) is 9.07. The molecule has 2 aliphatic rings. The second-order valence-corrected chi connectivity index (χ2v) is 10.9. The van der Waals surface area contributed by atoms with E-state index in [4.69, 9.17) is 11.6 Å². The SMILES string of the molecule is CC1c2ccsc2CCN1C(=O)C1CCN(S(=O)(=O)c2ccc(F)c(Cl)c2)CC1. The quantitative estimate of drug-likeness (QED) is 0.699. The summed E-state index contributed by atoms with van der Waals surface area (Å²) in [6, 6.07) is 5.56. The number of piperidine rings is 1. The van der Waals surface area contributed by atoms with Gasteiger partial charge in [-0.15, -0.1) is 11.3 Å². The van der Waals surface area contributed by atoms with Crippen molar-refractivity contribution in [3.8, 4) is 0 Å². The van der Waals surface area contributed by atoms with Gasteiger partial charge >= 0.3 is 0 Å². The predicted octanol–water partition coefficient (Wildman–Crippen LogP) is 4.09. The normalized spacial score (nSPS) is 21.2. The molecule has 0 spiro atoms. The van der Waals surface area contributed by atoms with Crippen LogP contribution in [0.3, 0.4) is 0 Å². The molecule has 2 aliphatic heterocycles. The second kappa shape index (κ2) is 7.98. The van der Waals surface area contributed by atoms with Crippen LogP contribution in [0.5, 0.6) is 0 Å². The third kappa shape index (κ3) is 3.83. The number of carbonyl (C=O) groups excluding carboxylic acids is 1. The fourth-order valence-electron chi connectivity index (χ4n) is 4.17. The summed E-state index contributed by atoms with van der Waals surface area (Å²) in [6.45, 7) is 3.29. The van der Waals surface area contributed by atoms with Gasteiger partial charge in [0.25, 0.3) is 0 Å². The number of thiophene rings is 1. The van der Waals surface area contributed by atoms with E-state index in [-0.39, 0.29) is 40.9 Å². The van der Waals surface area contributed by atoms with Crippen molar-refractivity contribution in [1.29, 1.82) is 0 Å². The molecule has 0 radical (unpaired) electrons. The number of amides is 1. The molecule has 4 rings (SSSR count). The largest absolute Gasteiger partial charge is 0.335 e. The number of fused-ring (bicyclic) bond motifs is 1. The number of carbonyl (C=O) groups is 1. The molecule has 3 heterocycles. The molecule has 0 N–H and O–H groups in total. The van der Waals surface area contributed by atoms with Crippen LogP contribution in [0.1, 0.15) is 36.2 Å². The van der Waals surface area contributed by atoms with Crippen LogP contribution < -0.4 is 0 Å². The predicted molar refractivity (Wildman–Crippen MR) is 111 cm³/mol. The van der Waals surface area contributed by atoms with Gasteiger partial charge in [-0.2, -0.15) is 4.31 Å². The highest BCUT2D eigenvalue weighted by atomic mass is 35.5. The van der Waals surface area contributed by atoms with E-state index in [1.165, 1.54) is 20.8 Å². The molecule has 5 nitrogen and oxygen atoms in total. The first kappa shape index (κ1) is 20.8. The molecule has 1 fully saturated rings. The van der Waals surface area contributed by atoms with Crippen LogP contribution in [0.4, 0.5) is 4.39 Å². The molecule has 9 heteroatoms. The summed E-state index contributed by atoms with van der Waals surface area (Å²) >= 11 is 7.48. The van der Waals surface area contributed by atoms with Crippen molar-refractivity contribution in [2.24, 2.45) is 5.92 Å². The first-order valence-corrected chi connectivity index (χ1v) is 12.3. The maximum Gasteiger partial charge on any atom is 0.243 e. The molecule has 1 atom stereocenters. The Bertz CT molecular complexity index is 1030. The molecule has 1 unspecified atom stereocenters. The zero-order chi connectivity index (χ0) is 20.8. The second-order valence-electron chi connectivity index (χ2n) is 7.51. The molecule has 0 bridgehead atoms. The van der Waals surface area contributed by atoms with Gasteiger partial charge < -0.3 is 4.90 Å². The molecule has 2 aromatic rings. The van der Waals surface area contributed by atoms with Gasteiger partial charge in [0, 0.05) is 30.4 Å². The van der Waals surface area contributed by atoms with E-state index in [2.05, 4.69) is 18.4 Å². The minimum absolute atomic E-state index is 0.0247. The van der Waals surface area contributed by atoms with Gasteiger partial charge in [-0.25, -0.2) is 12.8 Å². The van der Waals surface area contributed by atoms with Gasteiger partial charge in [-0.05, 0) is 61.4 Å². The van der Waals surface area contributed by atoms with Gasteiger partial charge in [0.15, 0.2) is 0 Å². The number of sulfonamides is 1.